The number of cyclic esters (lactones) is 1. The first kappa shape index (κ1) is 14.4. The van der Waals surface area contributed by atoms with Gasteiger partial charge >= 0.3 is 6.09 Å². The van der Waals surface area contributed by atoms with Gasteiger partial charge in [0.1, 0.15) is 11.9 Å². The van der Waals surface area contributed by atoms with E-state index in [-0.39, 0.29) is 6.54 Å². The molecule has 0 aliphatic carbocycles. The summed E-state index contributed by atoms with van der Waals surface area (Å²) < 4.78 is 21.1. The molecular formula is C15H12FN3O2S. The molecule has 1 aliphatic rings. The molecule has 0 saturated carbocycles. The lowest BCUT2D eigenvalue weighted by atomic mass is 10.2. The van der Waals surface area contributed by atoms with E-state index in [0.29, 0.717) is 17.9 Å². The van der Waals surface area contributed by atoms with Crippen molar-refractivity contribution in [1.82, 2.24) is 4.57 Å². The Kier molecular flexibility index (Phi) is 4.00. The number of hydrogen-bond donors (Lipinski definition) is 0. The number of hydrogen-bond acceptors (Lipinski definition) is 4. The maximum atomic E-state index is 14.3. The SMILES string of the molecule is O=C1O[C@@H](CN=C=S)CN1c1ccc(-n2cccc2)c(F)c1. The Hall–Kier alpha value is -2.50. The van der Waals surface area contributed by atoms with Gasteiger partial charge in [-0.05, 0) is 42.5 Å². The summed E-state index contributed by atoms with van der Waals surface area (Å²) in [5.41, 5.74) is 0.871. The zero-order chi connectivity index (χ0) is 15.5. The molecule has 0 radical (unpaired) electrons. The Morgan fingerprint density at radius 2 is 2.18 bits per heavy atom. The van der Waals surface area contributed by atoms with Crippen molar-refractivity contribution in [2.24, 2.45) is 4.99 Å². The molecule has 1 aromatic carbocycles. The maximum Gasteiger partial charge on any atom is 0.414 e. The van der Waals surface area contributed by atoms with E-state index in [1.165, 1.54) is 11.0 Å². The van der Waals surface area contributed by atoms with Gasteiger partial charge in [0.15, 0.2) is 0 Å². The van der Waals surface area contributed by atoms with E-state index in [1.54, 1.807) is 29.1 Å². The first-order valence-corrected chi connectivity index (χ1v) is 7.04. The van der Waals surface area contributed by atoms with Crippen LogP contribution in [0, 0.1) is 5.82 Å². The van der Waals surface area contributed by atoms with Gasteiger partial charge in [0, 0.05) is 12.4 Å². The zero-order valence-corrected chi connectivity index (χ0v) is 12.3. The van der Waals surface area contributed by atoms with Crippen molar-refractivity contribution in [2.75, 3.05) is 18.0 Å². The number of carbonyl (C=O) groups excluding carboxylic acids is 1. The summed E-state index contributed by atoms with van der Waals surface area (Å²) in [6.45, 7) is 0.567. The number of halogens is 1. The van der Waals surface area contributed by atoms with Crippen LogP contribution in [-0.2, 0) is 4.74 Å². The average Bonchev–Trinajstić information content (AvgIpc) is 3.14. The second-order valence-corrected chi connectivity index (χ2v) is 4.96. The van der Waals surface area contributed by atoms with Gasteiger partial charge in [-0.1, -0.05) is 0 Å². The van der Waals surface area contributed by atoms with Gasteiger partial charge in [-0.2, -0.15) is 0 Å². The lowest BCUT2D eigenvalue weighted by Crippen LogP contribution is -2.25. The fourth-order valence-corrected chi connectivity index (χ4v) is 2.41. The van der Waals surface area contributed by atoms with Crippen LogP contribution in [0.2, 0.25) is 0 Å². The van der Waals surface area contributed by atoms with Crippen LogP contribution in [0.1, 0.15) is 0 Å². The standard InChI is InChI=1S/C15H12FN3O2S/c16-13-7-11(3-4-14(13)18-5-1-2-6-18)19-9-12(8-17-10-22)21-15(19)20/h1-7,12H,8-9H2/t12-/m0/s1. The number of nitrogens with zero attached hydrogens (tertiary/aromatic N) is 3. The van der Waals surface area contributed by atoms with Crippen molar-refractivity contribution in [2.45, 2.75) is 6.10 Å². The van der Waals surface area contributed by atoms with Gasteiger partial charge in [0.25, 0.3) is 0 Å². The van der Waals surface area contributed by atoms with Crippen molar-refractivity contribution in [3.05, 3.63) is 48.5 Å². The third kappa shape index (κ3) is 2.77. The Morgan fingerprint density at radius 1 is 1.41 bits per heavy atom. The first-order valence-electron chi connectivity index (χ1n) is 6.63. The molecule has 112 valence electrons. The smallest absolute Gasteiger partial charge is 0.414 e. The summed E-state index contributed by atoms with van der Waals surface area (Å²) in [6, 6.07) is 8.26. The quantitative estimate of drug-likeness (QED) is 0.643. The van der Waals surface area contributed by atoms with Crippen LogP contribution in [0.5, 0.6) is 0 Å². The van der Waals surface area contributed by atoms with E-state index < -0.39 is 18.0 Å². The van der Waals surface area contributed by atoms with Crippen molar-refractivity contribution in [3.8, 4) is 5.69 Å². The second-order valence-electron chi connectivity index (χ2n) is 4.77. The summed E-state index contributed by atoms with van der Waals surface area (Å²) in [5, 5.41) is 2.23. The molecule has 2 heterocycles. The first-order chi connectivity index (χ1) is 10.7. The number of thiocarbonyl (C=S) groups is 1. The Morgan fingerprint density at radius 3 is 2.86 bits per heavy atom. The molecule has 0 spiro atoms. The number of anilines is 1. The normalized spacial score (nSPS) is 17.2. The van der Waals surface area contributed by atoms with E-state index in [1.807, 2.05) is 12.1 Å². The number of ether oxygens (including phenoxy) is 1. The second kappa shape index (κ2) is 6.09. The van der Waals surface area contributed by atoms with Gasteiger partial charge < -0.3 is 9.30 Å². The van der Waals surface area contributed by atoms with Crippen LogP contribution in [0.4, 0.5) is 14.9 Å². The van der Waals surface area contributed by atoms with Gasteiger partial charge in [0.2, 0.25) is 0 Å². The largest absolute Gasteiger partial charge is 0.442 e. The van der Waals surface area contributed by atoms with Crippen LogP contribution < -0.4 is 4.90 Å². The summed E-state index contributed by atoms with van der Waals surface area (Å²) >= 11 is 4.49. The molecule has 1 amide bonds. The van der Waals surface area contributed by atoms with Crippen LogP contribution >= 0.6 is 12.2 Å². The Bertz CT molecular complexity index is 741. The van der Waals surface area contributed by atoms with E-state index >= 15 is 0 Å². The van der Waals surface area contributed by atoms with Crippen molar-refractivity contribution < 1.29 is 13.9 Å². The average molecular weight is 317 g/mol. The highest BCUT2D eigenvalue weighted by atomic mass is 32.1. The molecule has 0 bridgehead atoms. The highest BCUT2D eigenvalue weighted by molar-refractivity contribution is 7.78. The number of rotatable bonds is 4. The molecule has 22 heavy (non-hydrogen) atoms. The third-order valence-corrected chi connectivity index (χ3v) is 3.49. The Balaban J connectivity index is 1.82. The minimum atomic E-state index is -0.516. The summed E-state index contributed by atoms with van der Waals surface area (Å²) in [6.07, 6.45) is 2.59. The van der Waals surface area contributed by atoms with E-state index in [0.717, 1.165) is 0 Å². The van der Waals surface area contributed by atoms with Crippen LogP contribution in [-0.4, -0.2) is 35.0 Å². The maximum absolute atomic E-state index is 14.3. The predicted molar refractivity (Wildman–Crippen MR) is 83.2 cm³/mol. The topological polar surface area (TPSA) is 46.8 Å². The molecule has 1 saturated heterocycles. The molecule has 1 aliphatic heterocycles. The fourth-order valence-electron chi connectivity index (χ4n) is 2.33. The number of benzene rings is 1. The number of aromatic nitrogens is 1. The number of isothiocyanates is 1. The molecule has 1 fully saturated rings. The Labute approximate surface area is 131 Å². The number of aliphatic imine (C=N–C) groups is 1. The van der Waals surface area contributed by atoms with Crippen LogP contribution in [0.25, 0.3) is 5.69 Å². The highest BCUT2D eigenvalue weighted by Crippen LogP contribution is 2.25. The summed E-state index contributed by atoms with van der Waals surface area (Å²) in [7, 11) is 0. The summed E-state index contributed by atoms with van der Waals surface area (Å²) in [5.74, 6) is -0.415. The minimum Gasteiger partial charge on any atom is -0.442 e. The molecule has 0 N–H and O–H groups in total. The highest BCUT2D eigenvalue weighted by Gasteiger charge is 2.32. The van der Waals surface area contributed by atoms with Gasteiger partial charge in [-0.3, -0.25) is 4.90 Å². The monoisotopic (exact) mass is 317 g/mol. The molecule has 1 atom stereocenters. The third-order valence-electron chi connectivity index (χ3n) is 3.36. The van der Waals surface area contributed by atoms with E-state index in [4.69, 9.17) is 4.74 Å². The predicted octanol–water partition coefficient (Wildman–Crippen LogP) is 3.04. The lowest BCUT2D eigenvalue weighted by Gasteiger charge is -2.14. The van der Waals surface area contributed by atoms with Gasteiger partial charge in [-0.15, -0.1) is 0 Å². The van der Waals surface area contributed by atoms with Crippen molar-refractivity contribution >= 4 is 29.2 Å². The number of amides is 1. The number of carbonyl (C=O) groups is 1. The molecule has 5 nitrogen and oxygen atoms in total. The molecular weight excluding hydrogens is 305 g/mol. The molecule has 7 heteroatoms. The van der Waals surface area contributed by atoms with Crippen LogP contribution in [0.15, 0.2) is 47.7 Å². The van der Waals surface area contributed by atoms with Gasteiger partial charge in [-0.25, -0.2) is 14.2 Å². The zero-order valence-electron chi connectivity index (χ0n) is 11.5. The van der Waals surface area contributed by atoms with Gasteiger partial charge in [0.05, 0.1) is 29.6 Å². The van der Waals surface area contributed by atoms with Crippen molar-refractivity contribution in [1.29, 1.82) is 0 Å². The van der Waals surface area contributed by atoms with E-state index in [2.05, 4.69) is 22.4 Å². The molecule has 0 unspecified atom stereocenters. The molecule has 3 rings (SSSR count). The molecule has 2 aromatic rings. The van der Waals surface area contributed by atoms with Crippen molar-refractivity contribution in [3.63, 3.8) is 0 Å². The van der Waals surface area contributed by atoms with Crippen LogP contribution in [0.3, 0.4) is 0 Å². The van der Waals surface area contributed by atoms with E-state index in [9.17, 15) is 9.18 Å². The summed E-state index contributed by atoms with van der Waals surface area (Å²) in [4.78, 5) is 17.0. The minimum absolute atomic E-state index is 0.260. The molecule has 1 aromatic heterocycles. The fraction of sp³-hybridized carbons (Fsp3) is 0.200. The lowest BCUT2D eigenvalue weighted by molar-refractivity contribution is 0.145.